The number of nitrogens with one attached hydrogen (secondary N) is 3. The van der Waals surface area contributed by atoms with Crippen LogP contribution in [-0.2, 0) is 14.4 Å². The zero-order chi connectivity index (χ0) is 38.0. The molecule has 2 aromatic carbocycles. The lowest BCUT2D eigenvalue weighted by Crippen LogP contribution is -2.61. The van der Waals surface area contributed by atoms with Crippen molar-refractivity contribution in [3.63, 3.8) is 0 Å². The highest BCUT2D eigenvalue weighted by Gasteiger charge is 2.61. The van der Waals surface area contributed by atoms with Gasteiger partial charge in [-0.15, -0.1) is 6.58 Å². The van der Waals surface area contributed by atoms with Gasteiger partial charge in [0.25, 0.3) is 0 Å². The number of carbonyl (C=O) groups is 4. The maximum atomic E-state index is 14.6. The average Bonchev–Trinajstić information content (AvgIpc) is 3.69. The van der Waals surface area contributed by atoms with Crippen molar-refractivity contribution < 1.29 is 33.8 Å². The van der Waals surface area contributed by atoms with Gasteiger partial charge in [0.05, 0.1) is 24.9 Å². The van der Waals surface area contributed by atoms with Crippen molar-refractivity contribution in [1.29, 1.82) is 0 Å². The van der Waals surface area contributed by atoms with Crippen LogP contribution in [0.15, 0.2) is 67.3 Å². The molecule has 52 heavy (non-hydrogen) atoms. The van der Waals surface area contributed by atoms with Crippen LogP contribution in [0.5, 0.6) is 11.5 Å². The zero-order valence-corrected chi connectivity index (χ0v) is 31.1. The van der Waals surface area contributed by atoms with E-state index in [1.54, 1.807) is 7.11 Å². The number of carboxylic acids is 1. The summed E-state index contributed by atoms with van der Waals surface area (Å²) < 4.78 is 12.1. The summed E-state index contributed by atoms with van der Waals surface area (Å²) >= 11 is 0. The van der Waals surface area contributed by atoms with Crippen molar-refractivity contribution in [2.75, 3.05) is 13.7 Å². The number of aliphatic carboxylic acids is 1. The highest BCUT2D eigenvalue weighted by atomic mass is 16.5. The van der Waals surface area contributed by atoms with Gasteiger partial charge in [0.2, 0.25) is 11.8 Å². The summed E-state index contributed by atoms with van der Waals surface area (Å²) in [5.74, 6) is -1.56. The number of ether oxygens (including phenoxy) is 2. The number of pyridine rings is 1. The predicted octanol–water partition coefficient (Wildman–Crippen LogP) is 5.70. The summed E-state index contributed by atoms with van der Waals surface area (Å²) in [5.41, 5.74) is -0.546. The molecule has 1 saturated carbocycles. The van der Waals surface area contributed by atoms with Gasteiger partial charge in [0, 0.05) is 41.0 Å². The van der Waals surface area contributed by atoms with E-state index < -0.39 is 64.4 Å². The van der Waals surface area contributed by atoms with Crippen LogP contribution >= 0.6 is 0 Å². The molecule has 1 saturated heterocycles. The monoisotopic (exact) mass is 713 g/mol. The molecular formula is C40H51N5O7. The Kier molecular flexibility index (Phi) is 10.9. The molecule has 5 atom stereocenters. The summed E-state index contributed by atoms with van der Waals surface area (Å²) in [7, 11) is 1.58. The molecule has 1 aromatic heterocycles. The number of rotatable bonds is 13. The summed E-state index contributed by atoms with van der Waals surface area (Å²) in [6.07, 6.45) is 2.52. The quantitative estimate of drug-likeness (QED) is 0.164. The number of likely N-dealkylation sites (tertiary alicyclic amines) is 1. The van der Waals surface area contributed by atoms with Gasteiger partial charge in [-0.25, -0.2) is 14.6 Å². The normalized spacial score (nSPS) is 21.9. The summed E-state index contributed by atoms with van der Waals surface area (Å²) in [5, 5.41) is 19.4. The van der Waals surface area contributed by atoms with E-state index in [0.717, 1.165) is 5.56 Å². The van der Waals surface area contributed by atoms with E-state index in [1.165, 1.54) is 11.0 Å². The fourth-order valence-corrected chi connectivity index (χ4v) is 6.71. The smallest absolute Gasteiger partial charge is 0.330 e. The van der Waals surface area contributed by atoms with E-state index in [-0.39, 0.29) is 19.4 Å². The van der Waals surface area contributed by atoms with Crippen LogP contribution < -0.4 is 25.4 Å². The number of benzene rings is 2. The molecule has 1 aliphatic heterocycles. The van der Waals surface area contributed by atoms with Crippen molar-refractivity contribution >= 4 is 34.7 Å². The summed E-state index contributed by atoms with van der Waals surface area (Å²) in [6, 6.07) is 14.4. The molecule has 0 bridgehead atoms. The molecule has 5 rings (SSSR count). The minimum atomic E-state index is -1.50. The SMILES string of the molecule is C=C[C@H]1CC1(NC(=O)[C@@H]1C[C@@H](Oc2cc(-c3ccccc3)nc3cc(OC)ccc23)CN1C(=O)[C@@H](NC(=O)NC(C)(CC)CC)C(C)(C)C)C(=O)O. The molecule has 4 N–H and O–H groups in total. The van der Waals surface area contributed by atoms with Crippen LogP contribution in [0.1, 0.15) is 67.2 Å². The molecule has 278 valence electrons. The Morgan fingerprint density at radius 3 is 2.35 bits per heavy atom. The second-order valence-electron chi connectivity index (χ2n) is 15.2. The minimum Gasteiger partial charge on any atom is -0.497 e. The third kappa shape index (κ3) is 7.85. The highest BCUT2D eigenvalue weighted by Crippen LogP contribution is 2.45. The molecule has 1 aliphatic carbocycles. The van der Waals surface area contributed by atoms with Gasteiger partial charge in [0.15, 0.2) is 0 Å². The van der Waals surface area contributed by atoms with Crippen LogP contribution in [0, 0.1) is 11.3 Å². The lowest BCUT2D eigenvalue weighted by molar-refractivity contribution is -0.146. The Morgan fingerprint density at radius 2 is 1.77 bits per heavy atom. The van der Waals surface area contributed by atoms with Crippen LogP contribution in [0.3, 0.4) is 0 Å². The first-order valence-electron chi connectivity index (χ1n) is 17.9. The number of nitrogens with zero attached hydrogens (tertiary/aromatic N) is 2. The zero-order valence-electron chi connectivity index (χ0n) is 31.1. The second-order valence-corrected chi connectivity index (χ2v) is 15.2. The van der Waals surface area contributed by atoms with E-state index in [4.69, 9.17) is 14.5 Å². The molecule has 2 aliphatic rings. The number of methoxy groups -OCH3 is 1. The van der Waals surface area contributed by atoms with Crippen molar-refractivity contribution in [3.8, 4) is 22.8 Å². The molecular weight excluding hydrogens is 662 g/mol. The van der Waals surface area contributed by atoms with E-state index in [0.29, 0.717) is 40.9 Å². The minimum absolute atomic E-state index is 0.0139. The second kappa shape index (κ2) is 14.8. The van der Waals surface area contributed by atoms with Gasteiger partial charge < -0.3 is 35.4 Å². The molecule has 2 fully saturated rings. The van der Waals surface area contributed by atoms with Gasteiger partial charge in [-0.3, -0.25) is 9.59 Å². The first-order chi connectivity index (χ1) is 24.6. The molecule has 12 heteroatoms. The maximum absolute atomic E-state index is 14.6. The topological polar surface area (TPSA) is 159 Å². The number of carboxylic acid groups (broad SMARTS) is 1. The number of fused-ring (bicyclic) bond motifs is 1. The standard InChI is InChI=1S/C40H51N5O7/c1-9-25-22-40(25,36(48)49)43-34(46)31-20-27(23-45(31)35(47)33(38(4,5)6)42-37(50)44-39(7,10-2)11-3)52-32-21-29(24-15-13-12-14-16-24)41-30-19-26(51-8)17-18-28(30)32/h9,12-19,21,25,27,31,33H,1,10-11,20,22-23H2,2-8H3,(H,43,46)(H,48,49)(H2,42,44,50)/t25-,27+,31-,33+,40?/m0/s1. The molecule has 0 spiro atoms. The third-order valence-electron chi connectivity index (χ3n) is 10.6. The van der Waals surface area contributed by atoms with Gasteiger partial charge in [-0.05, 0) is 43.7 Å². The number of hydrogen-bond acceptors (Lipinski definition) is 7. The highest BCUT2D eigenvalue weighted by molar-refractivity contribution is 5.96. The predicted molar refractivity (Wildman–Crippen MR) is 199 cm³/mol. The Balaban J connectivity index is 1.50. The van der Waals surface area contributed by atoms with Crippen molar-refractivity contribution in [1.82, 2.24) is 25.8 Å². The fourth-order valence-electron chi connectivity index (χ4n) is 6.71. The van der Waals surface area contributed by atoms with Gasteiger partial charge in [0.1, 0.15) is 35.2 Å². The molecule has 1 unspecified atom stereocenters. The molecule has 4 amide bonds. The number of carbonyl (C=O) groups excluding carboxylic acids is 3. The number of hydrogen-bond donors (Lipinski definition) is 4. The lowest BCUT2D eigenvalue weighted by atomic mass is 9.85. The Labute approximate surface area is 305 Å². The first-order valence-corrected chi connectivity index (χ1v) is 17.9. The average molecular weight is 714 g/mol. The number of aromatic nitrogens is 1. The number of amides is 4. The van der Waals surface area contributed by atoms with Crippen LogP contribution in [0.2, 0.25) is 0 Å². The summed E-state index contributed by atoms with van der Waals surface area (Å²) in [4.78, 5) is 60.6. The van der Waals surface area contributed by atoms with Crippen molar-refractivity contribution in [2.45, 2.75) is 96.5 Å². The largest absolute Gasteiger partial charge is 0.497 e. The lowest BCUT2D eigenvalue weighted by Gasteiger charge is -2.37. The van der Waals surface area contributed by atoms with E-state index >= 15 is 0 Å². The summed E-state index contributed by atoms with van der Waals surface area (Å²) in [6.45, 7) is 15.2. The van der Waals surface area contributed by atoms with E-state index in [2.05, 4.69) is 22.5 Å². The van der Waals surface area contributed by atoms with Gasteiger partial charge in [-0.2, -0.15) is 0 Å². The van der Waals surface area contributed by atoms with Crippen LogP contribution in [0.4, 0.5) is 4.79 Å². The van der Waals surface area contributed by atoms with Gasteiger partial charge >= 0.3 is 12.0 Å². The number of urea groups is 1. The Hall–Kier alpha value is -5.13. The Morgan fingerprint density at radius 1 is 1.08 bits per heavy atom. The van der Waals surface area contributed by atoms with E-state index in [9.17, 15) is 24.3 Å². The molecule has 3 aromatic rings. The third-order valence-corrected chi connectivity index (χ3v) is 10.6. The molecule has 12 nitrogen and oxygen atoms in total. The van der Waals surface area contributed by atoms with Crippen molar-refractivity contribution in [3.05, 3.63) is 67.3 Å². The molecule has 0 radical (unpaired) electrons. The Bertz CT molecular complexity index is 1840. The molecule has 2 heterocycles. The van der Waals surface area contributed by atoms with Crippen LogP contribution in [-0.4, -0.2) is 81.7 Å². The fraction of sp³-hybridized carbons (Fsp3) is 0.475. The van der Waals surface area contributed by atoms with E-state index in [1.807, 2.05) is 96.1 Å². The van der Waals surface area contributed by atoms with Crippen molar-refractivity contribution in [2.24, 2.45) is 11.3 Å². The maximum Gasteiger partial charge on any atom is 0.330 e. The first kappa shape index (κ1) is 38.1. The van der Waals surface area contributed by atoms with Gasteiger partial charge in [-0.1, -0.05) is 71.0 Å². The van der Waals surface area contributed by atoms with Crippen LogP contribution in [0.25, 0.3) is 22.2 Å².